The van der Waals surface area contributed by atoms with Crippen molar-refractivity contribution < 1.29 is 4.79 Å². The van der Waals surface area contributed by atoms with Crippen molar-refractivity contribution in [1.29, 1.82) is 0 Å². The van der Waals surface area contributed by atoms with Gasteiger partial charge in [-0.05, 0) is 38.5 Å². The number of benzene rings is 1. The van der Waals surface area contributed by atoms with Gasteiger partial charge in [0.1, 0.15) is 4.88 Å². The summed E-state index contributed by atoms with van der Waals surface area (Å²) >= 11 is 1.50. The average Bonchev–Trinajstić information content (AvgIpc) is 2.85. The van der Waals surface area contributed by atoms with E-state index in [9.17, 15) is 4.79 Å². The SMILES string of the molecule is Cc1cccc(N2CCN(C(=O)c3sc(C)nc3C)CC2)c1. The molecule has 0 aliphatic carbocycles. The van der Waals surface area contributed by atoms with E-state index in [0.717, 1.165) is 41.8 Å². The summed E-state index contributed by atoms with van der Waals surface area (Å²) in [5.41, 5.74) is 3.37. The largest absolute Gasteiger partial charge is 0.368 e. The number of rotatable bonds is 2. The van der Waals surface area contributed by atoms with Crippen LogP contribution in [-0.4, -0.2) is 42.0 Å². The topological polar surface area (TPSA) is 36.4 Å². The summed E-state index contributed by atoms with van der Waals surface area (Å²) < 4.78 is 0. The molecule has 0 spiro atoms. The number of aryl methyl sites for hydroxylation is 3. The van der Waals surface area contributed by atoms with E-state index in [4.69, 9.17) is 0 Å². The van der Waals surface area contributed by atoms with Crippen LogP contribution in [-0.2, 0) is 0 Å². The molecule has 0 unspecified atom stereocenters. The van der Waals surface area contributed by atoms with Crippen molar-refractivity contribution in [3.63, 3.8) is 0 Å². The smallest absolute Gasteiger partial charge is 0.265 e. The van der Waals surface area contributed by atoms with E-state index in [1.807, 2.05) is 18.7 Å². The Morgan fingerprint density at radius 2 is 1.86 bits per heavy atom. The first-order chi connectivity index (χ1) is 10.5. The molecule has 1 aliphatic rings. The van der Waals surface area contributed by atoms with Gasteiger partial charge in [0.15, 0.2) is 0 Å². The second-order valence-corrected chi connectivity index (χ2v) is 6.97. The van der Waals surface area contributed by atoms with Gasteiger partial charge in [0.05, 0.1) is 10.7 Å². The fourth-order valence-electron chi connectivity index (χ4n) is 2.87. The third-order valence-electron chi connectivity index (χ3n) is 4.03. The zero-order valence-electron chi connectivity index (χ0n) is 13.3. The summed E-state index contributed by atoms with van der Waals surface area (Å²) in [6.45, 7) is 9.27. The number of anilines is 1. The number of piperazine rings is 1. The van der Waals surface area contributed by atoms with Crippen LogP contribution in [0.1, 0.15) is 25.9 Å². The van der Waals surface area contributed by atoms with Gasteiger partial charge >= 0.3 is 0 Å². The number of amides is 1. The molecular weight excluding hydrogens is 294 g/mol. The Hall–Kier alpha value is -1.88. The molecule has 0 saturated carbocycles. The fourth-order valence-corrected chi connectivity index (χ4v) is 3.75. The van der Waals surface area contributed by atoms with Crippen LogP contribution < -0.4 is 4.90 Å². The summed E-state index contributed by atoms with van der Waals surface area (Å²) in [6.07, 6.45) is 0. The third-order valence-corrected chi connectivity index (χ3v) is 5.09. The van der Waals surface area contributed by atoms with Crippen LogP contribution in [0.25, 0.3) is 0 Å². The van der Waals surface area contributed by atoms with E-state index in [0.29, 0.717) is 0 Å². The Balaban J connectivity index is 1.67. The Morgan fingerprint density at radius 3 is 2.45 bits per heavy atom. The average molecular weight is 315 g/mol. The van der Waals surface area contributed by atoms with Gasteiger partial charge in [-0.15, -0.1) is 11.3 Å². The molecule has 3 rings (SSSR count). The van der Waals surface area contributed by atoms with Crippen LogP contribution in [0.2, 0.25) is 0 Å². The van der Waals surface area contributed by atoms with Crippen molar-refractivity contribution in [3.8, 4) is 0 Å². The molecule has 22 heavy (non-hydrogen) atoms. The highest BCUT2D eigenvalue weighted by Gasteiger charge is 2.25. The van der Waals surface area contributed by atoms with Crippen LogP contribution in [0.15, 0.2) is 24.3 Å². The van der Waals surface area contributed by atoms with Crippen molar-refractivity contribution in [3.05, 3.63) is 45.4 Å². The molecule has 1 saturated heterocycles. The normalized spacial score (nSPS) is 15.2. The molecule has 1 fully saturated rings. The van der Waals surface area contributed by atoms with Crippen molar-refractivity contribution in [1.82, 2.24) is 9.88 Å². The number of aromatic nitrogens is 1. The van der Waals surface area contributed by atoms with Gasteiger partial charge in [-0.2, -0.15) is 0 Å². The number of thiazole rings is 1. The number of hydrogen-bond acceptors (Lipinski definition) is 4. The van der Waals surface area contributed by atoms with Gasteiger partial charge in [-0.1, -0.05) is 12.1 Å². The molecule has 1 aliphatic heterocycles. The minimum atomic E-state index is 0.131. The zero-order valence-corrected chi connectivity index (χ0v) is 14.1. The zero-order chi connectivity index (χ0) is 15.7. The van der Waals surface area contributed by atoms with Crippen LogP contribution >= 0.6 is 11.3 Å². The minimum Gasteiger partial charge on any atom is -0.368 e. The molecule has 2 heterocycles. The first-order valence-electron chi connectivity index (χ1n) is 7.59. The van der Waals surface area contributed by atoms with Crippen LogP contribution in [0.5, 0.6) is 0 Å². The summed E-state index contributed by atoms with van der Waals surface area (Å²) in [6, 6.07) is 8.54. The predicted octanol–water partition coefficient (Wildman–Crippen LogP) is 3.03. The monoisotopic (exact) mass is 315 g/mol. The minimum absolute atomic E-state index is 0.131. The summed E-state index contributed by atoms with van der Waals surface area (Å²) in [5.74, 6) is 0.131. The van der Waals surface area contributed by atoms with Crippen LogP contribution in [0.4, 0.5) is 5.69 Å². The number of carbonyl (C=O) groups is 1. The summed E-state index contributed by atoms with van der Waals surface area (Å²) in [4.78, 5) is 22.1. The van der Waals surface area contributed by atoms with Gasteiger partial charge < -0.3 is 9.80 Å². The molecule has 1 amide bonds. The number of hydrogen-bond donors (Lipinski definition) is 0. The summed E-state index contributed by atoms with van der Waals surface area (Å²) in [7, 11) is 0. The van der Waals surface area contributed by atoms with Gasteiger partial charge in [0.2, 0.25) is 0 Å². The van der Waals surface area contributed by atoms with E-state index in [1.165, 1.54) is 22.6 Å². The molecule has 2 aromatic rings. The van der Waals surface area contributed by atoms with Gasteiger partial charge in [0.25, 0.3) is 5.91 Å². The lowest BCUT2D eigenvalue weighted by Crippen LogP contribution is -2.48. The van der Waals surface area contributed by atoms with Crippen molar-refractivity contribution in [2.45, 2.75) is 20.8 Å². The first-order valence-corrected chi connectivity index (χ1v) is 8.41. The molecule has 4 nitrogen and oxygen atoms in total. The lowest BCUT2D eigenvalue weighted by Gasteiger charge is -2.36. The second kappa shape index (κ2) is 6.08. The quantitative estimate of drug-likeness (QED) is 0.855. The highest BCUT2D eigenvalue weighted by atomic mass is 32.1. The van der Waals surface area contributed by atoms with E-state index in [-0.39, 0.29) is 5.91 Å². The van der Waals surface area contributed by atoms with E-state index in [2.05, 4.69) is 41.1 Å². The molecule has 0 N–H and O–H groups in total. The van der Waals surface area contributed by atoms with E-state index >= 15 is 0 Å². The van der Waals surface area contributed by atoms with Gasteiger partial charge in [-0.3, -0.25) is 4.79 Å². The molecular formula is C17H21N3OS. The standard InChI is InChI=1S/C17H21N3OS/c1-12-5-4-6-15(11-12)19-7-9-20(10-8-19)17(21)16-13(2)18-14(3)22-16/h4-6,11H,7-10H2,1-3H3. The van der Waals surface area contributed by atoms with E-state index in [1.54, 1.807) is 0 Å². The molecule has 0 radical (unpaired) electrons. The maximum Gasteiger partial charge on any atom is 0.265 e. The van der Waals surface area contributed by atoms with Crippen molar-refractivity contribution >= 4 is 22.9 Å². The molecule has 1 aromatic heterocycles. The van der Waals surface area contributed by atoms with Crippen molar-refractivity contribution in [2.24, 2.45) is 0 Å². The van der Waals surface area contributed by atoms with Gasteiger partial charge in [0, 0.05) is 31.9 Å². The summed E-state index contributed by atoms with van der Waals surface area (Å²) in [5, 5.41) is 0.958. The number of carbonyl (C=O) groups excluding carboxylic acids is 1. The maximum atomic E-state index is 12.6. The predicted molar refractivity (Wildman–Crippen MR) is 90.9 cm³/mol. The molecule has 5 heteroatoms. The first kappa shape index (κ1) is 15.0. The Kier molecular flexibility index (Phi) is 4.16. The lowest BCUT2D eigenvalue weighted by atomic mass is 10.2. The van der Waals surface area contributed by atoms with Crippen LogP contribution in [0.3, 0.4) is 0 Å². The highest BCUT2D eigenvalue weighted by molar-refractivity contribution is 7.13. The highest BCUT2D eigenvalue weighted by Crippen LogP contribution is 2.22. The lowest BCUT2D eigenvalue weighted by molar-refractivity contribution is 0.0750. The maximum absolute atomic E-state index is 12.6. The van der Waals surface area contributed by atoms with Crippen LogP contribution in [0, 0.1) is 20.8 Å². The number of nitrogens with zero attached hydrogens (tertiary/aromatic N) is 3. The molecule has 116 valence electrons. The van der Waals surface area contributed by atoms with E-state index < -0.39 is 0 Å². The Labute approximate surface area is 135 Å². The molecule has 1 aromatic carbocycles. The molecule has 0 bridgehead atoms. The Morgan fingerprint density at radius 1 is 1.14 bits per heavy atom. The third kappa shape index (κ3) is 2.99. The fraction of sp³-hybridized carbons (Fsp3) is 0.412. The second-order valence-electron chi connectivity index (χ2n) is 5.77. The van der Waals surface area contributed by atoms with Gasteiger partial charge in [-0.25, -0.2) is 4.98 Å². The molecule has 0 atom stereocenters. The van der Waals surface area contributed by atoms with Crippen molar-refractivity contribution in [2.75, 3.05) is 31.1 Å². The Bertz CT molecular complexity index is 687.